The molecule has 3 rings (SSSR count). The average Bonchev–Trinajstić information content (AvgIpc) is 2.96. The van der Waals surface area contributed by atoms with E-state index in [1.165, 1.54) is 0 Å². The third-order valence-electron chi connectivity index (χ3n) is 5.31. The highest BCUT2D eigenvalue weighted by Crippen LogP contribution is 2.26. The minimum Gasteiger partial charge on any atom is -0.494 e. The van der Waals surface area contributed by atoms with E-state index in [1.54, 1.807) is 0 Å². The number of amides is 1. The maximum atomic E-state index is 12.8. The zero-order valence-electron chi connectivity index (χ0n) is 16.8. The molecule has 146 valence electrons. The molecule has 1 aromatic heterocycles. The lowest BCUT2D eigenvalue weighted by atomic mass is 10.0. The highest BCUT2D eigenvalue weighted by Gasteiger charge is 2.25. The van der Waals surface area contributed by atoms with Crippen LogP contribution in [0.4, 0.5) is 0 Å². The van der Waals surface area contributed by atoms with E-state index in [9.17, 15) is 4.79 Å². The topological polar surface area (TPSA) is 59.4 Å². The predicted molar refractivity (Wildman–Crippen MR) is 106 cm³/mol. The van der Waals surface area contributed by atoms with Crippen molar-refractivity contribution in [2.75, 3.05) is 26.7 Å². The van der Waals surface area contributed by atoms with E-state index in [1.807, 2.05) is 45.0 Å². The first kappa shape index (κ1) is 19.4. The lowest BCUT2D eigenvalue weighted by molar-refractivity contribution is 0.0945. The molecule has 2 aromatic rings. The smallest absolute Gasteiger partial charge is 0.272 e. The molecule has 1 N–H and O–H groups in total. The summed E-state index contributed by atoms with van der Waals surface area (Å²) in [5.74, 6) is 1.60. The number of carbonyl (C=O) groups excluding carboxylic acids is 1. The Bertz CT molecular complexity index is 791. The largest absolute Gasteiger partial charge is 0.494 e. The molecular formula is C21H30N4O2. The van der Waals surface area contributed by atoms with Crippen LogP contribution in [0.5, 0.6) is 5.75 Å². The third kappa shape index (κ3) is 4.33. The first-order chi connectivity index (χ1) is 13.0. The molecule has 0 radical (unpaired) electrons. The fourth-order valence-electron chi connectivity index (χ4n) is 3.87. The Morgan fingerprint density at radius 1 is 1.26 bits per heavy atom. The van der Waals surface area contributed by atoms with E-state index in [-0.39, 0.29) is 5.91 Å². The van der Waals surface area contributed by atoms with Gasteiger partial charge in [0.2, 0.25) is 0 Å². The van der Waals surface area contributed by atoms with E-state index >= 15 is 0 Å². The lowest BCUT2D eigenvalue weighted by Crippen LogP contribution is -2.32. The number of aryl methyl sites for hydroxylation is 1. The molecule has 6 nitrogen and oxygen atoms in total. The summed E-state index contributed by atoms with van der Waals surface area (Å²) in [5, 5.41) is 3.00. The van der Waals surface area contributed by atoms with Crippen molar-refractivity contribution in [1.82, 2.24) is 19.8 Å². The van der Waals surface area contributed by atoms with Crippen molar-refractivity contribution in [3.05, 3.63) is 47.0 Å². The molecular weight excluding hydrogens is 340 g/mol. The summed E-state index contributed by atoms with van der Waals surface area (Å²) in [6.45, 7) is 9.14. The first-order valence-electron chi connectivity index (χ1n) is 9.74. The number of likely N-dealkylation sites (tertiary alicyclic amines) is 1. The van der Waals surface area contributed by atoms with Crippen LogP contribution in [0.1, 0.15) is 53.4 Å². The van der Waals surface area contributed by atoms with Crippen LogP contribution in [0.2, 0.25) is 0 Å². The maximum absolute atomic E-state index is 12.8. The van der Waals surface area contributed by atoms with Gasteiger partial charge in [0.05, 0.1) is 6.61 Å². The van der Waals surface area contributed by atoms with Gasteiger partial charge in [0, 0.05) is 23.8 Å². The summed E-state index contributed by atoms with van der Waals surface area (Å²) in [4.78, 5) is 19.7. The molecule has 6 heteroatoms. The molecule has 0 unspecified atom stereocenters. The minimum atomic E-state index is -0.131. The average molecular weight is 370 g/mol. The number of rotatable bonds is 6. The molecule has 0 aliphatic carbocycles. The van der Waals surface area contributed by atoms with Crippen molar-refractivity contribution in [2.24, 2.45) is 0 Å². The van der Waals surface area contributed by atoms with Gasteiger partial charge >= 0.3 is 0 Å². The quantitative estimate of drug-likeness (QED) is 0.849. The number of hydrogen-bond donors (Lipinski definition) is 1. The van der Waals surface area contributed by atoms with Crippen molar-refractivity contribution < 1.29 is 9.53 Å². The van der Waals surface area contributed by atoms with E-state index in [0.29, 0.717) is 24.9 Å². The van der Waals surface area contributed by atoms with Crippen LogP contribution < -0.4 is 10.1 Å². The van der Waals surface area contributed by atoms with Crippen LogP contribution in [0.15, 0.2) is 24.3 Å². The number of carbonyl (C=O) groups is 1. The summed E-state index contributed by atoms with van der Waals surface area (Å²) in [5.41, 5.74) is 2.45. The number of aromatic nitrogens is 2. The Morgan fingerprint density at radius 3 is 2.67 bits per heavy atom. The number of para-hydroxylation sites is 1. The van der Waals surface area contributed by atoms with Gasteiger partial charge in [0.15, 0.2) is 0 Å². The van der Waals surface area contributed by atoms with Gasteiger partial charge in [-0.3, -0.25) is 4.79 Å². The molecule has 2 heterocycles. The Balaban J connectivity index is 1.72. The van der Waals surface area contributed by atoms with Gasteiger partial charge in [-0.05, 0) is 59.8 Å². The van der Waals surface area contributed by atoms with Crippen molar-refractivity contribution in [3.8, 4) is 5.75 Å². The number of hydrogen-bond acceptors (Lipinski definition) is 4. The molecule has 1 aromatic carbocycles. The number of benzene rings is 1. The van der Waals surface area contributed by atoms with E-state index in [0.717, 1.165) is 48.8 Å². The Kier molecular flexibility index (Phi) is 6.16. The van der Waals surface area contributed by atoms with E-state index in [2.05, 4.69) is 26.8 Å². The van der Waals surface area contributed by atoms with Crippen LogP contribution in [0.25, 0.3) is 0 Å². The summed E-state index contributed by atoms with van der Waals surface area (Å²) in [6.07, 6.45) is 2.19. The van der Waals surface area contributed by atoms with Gasteiger partial charge in [-0.1, -0.05) is 18.2 Å². The van der Waals surface area contributed by atoms with Crippen LogP contribution >= 0.6 is 0 Å². The van der Waals surface area contributed by atoms with Crippen molar-refractivity contribution in [3.63, 3.8) is 0 Å². The maximum Gasteiger partial charge on any atom is 0.272 e. The second-order valence-corrected chi connectivity index (χ2v) is 7.22. The fourth-order valence-corrected chi connectivity index (χ4v) is 3.87. The standard InChI is InChI=1S/C21H30N4O2/c1-5-27-19-9-7-6-8-17(19)14-22-21(26)20-15(2)25(16(3)23-20)18-10-12-24(4)13-11-18/h6-9,18H,5,10-14H2,1-4H3,(H,22,26). The highest BCUT2D eigenvalue weighted by atomic mass is 16.5. The fraction of sp³-hybridized carbons (Fsp3) is 0.524. The van der Waals surface area contributed by atoms with Gasteiger partial charge in [-0.15, -0.1) is 0 Å². The monoisotopic (exact) mass is 370 g/mol. The van der Waals surface area contributed by atoms with Crippen LogP contribution in [0.3, 0.4) is 0 Å². The van der Waals surface area contributed by atoms with Gasteiger partial charge in [-0.2, -0.15) is 0 Å². The SMILES string of the molecule is CCOc1ccccc1CNC(=O)c1nc(C)n(C2CCN(C)CC2)c1C. The Hall–Kier alpha value is -2.34. The molecule has 0 saturated carbocycles. The first-order valence-corrected chi connectivity index (χ1v) is 9.74. The summed E-state index contributed by atoms with van der Waals surface area (Å²) < 4.78 is 7.88. The normalized spacial score (nSPS) is 15.7. The number of ether oxygens (including phenoxy) is 1. The van der Waals surface area contributed by atoms with E-state index < -0.39 is 0 Å². The second-order valence-electron chi connectivity index (χ2n) is 7.22. The zero-order valence-corrected chi connectivity index (χ0v) is 16.8. The lowest BCUT2D eigenvalue weighted by Gasteiger charge is -2.31. The number of nitrogens with one attached hydrogen (secondary N) is 1. The molecule has 1 aliphatic rings. The third-order valence-corrected chi connectivity index (χ3v) is 5.31. The van der Waals surface area contributed by atoms with Crippen molar-refractivity contribution in [2.45, 2.75) is 46.2 Å². The molecule has 1 saturated heterocycles. The molecule has 1 aliphatic heterocycles. The van der Waals surface area contributed by atoms with Gasteiger partial charge in [0.25, 0.3) is 5.91 Å². The minimum absolute atomic E-state index is 0.131. The van der Waals surface area contributed by atoms with Crippen molar-refractivity contribution >= 4 is 5.91 Å². The zero-order chi connectivity index (χ0) is 19.4. The summed E-state index contributed by atoms with van der Waals surface area (Å²) in [6, 6.07) is 8.21. The molecule has 1 fully saturated rings. The Labute approximate surface area is 161 Å². The van der Waals surface area contributed by atoms with Gasteiger partial charge < -0.3 is 19.5 Å². The number of piperidine rings is 1. The summed E-state index contributed by atoms with van der Waals surface area (Å²) >= 11 is 0. The molecule has 0 spiro atoms. The van der Waals surface area contributed by atoms with Gasteiger partial charge in [-0.25, -0.2) is 4.98 Å². The summed E-state index contributed by atoms with van der Waals surface area (Å²) in [7, 11) is 2.16. The molecule has 0 atom stereocenters. The van der Waals surface area contributed by atoms with Crippen LogP contribution in [-0.4, -0.2) is 47.1 Å². The van der Waals surface area contributed by atoms with Gasteiger partial charge in [0.1, 0.15) is 17.3 Å². The van der Waals surface area contributed by atoms with Crippen LogP contribution in [0, 0.1) is 13.8 Å². The molecule has 27 heavy (non-hydrogen) atoms. The van der Waals surface area contributed by atoms with Crippen molar-refractivity contribution in [1.29, 1.82) is 0 Å². The molecule has 1 amide bonds. The second kappa shape index (κ2) is 8.57. The Morgan fingerprint density at radius 2 is 1.96 bits per heavy atom. The number of imidazole rings is 1. The number of nitrogens with zero attached hydrogens (tertiary/aromatic N) is 3. The van der Waals surface area contributed by atoms with Crippen LogP contribution in [-0.2, 0) is 6.54 Å². The highest BCUT2D eigenvalue weighted by molar-refractivity contribution is 5.93. The molecule has 0 bridgehead atoms. The predicted octanol–water partition coefficient (Wildman–Crippen LogP) is 3.10. The van der Waals surface area contributed by atoms with E-state index in [4.69, 9.17) is 4.74 Å².